The number of rotatable bonds is 7. The van der Waals surface area contributed by atoms with Crippen molar-refractivity contribution >= 4 is 16.9 Å². The summed E-state index contributed by atoms with van der Waals surface area (Å²) < 4.78 is 17.2. The fourth-order valence-corrected chi connectivity index (χ4v) is 7.29. The van der Waals surface area contributed by atoms with E-state index in [-0.39, 0.29) is 23.0 Å². The summed E-state index contributed by atoms with van der Waals surface area (Å²) in [5, 5.41) is 3.09. The van der Waals surface area contributed by atoms with Gasteiger partial charge in [0.05, 0.1) is 17.3 Å². The molecule has 1 N–H and O–H groups in total. The Bertz CT molecular complexity index is 2140. The Kier molecular flexibility index (Phi) is 9.69. The number of halogens is 1. The first kappa shape index (κ1) is 33.5. The van der Waals surface area contributed by atoms with Crippen molar-refractivity contribution in [1.82, 2.24) is 34.2 Å². The monoisotopic (exact) mass is 675 g/mol. The molecule has 7 rings (SSSR count). The van der Waals surface area contributed by atoms with Crippen LogP contribution < -0.4 is 16.6 Å². The summed E-state index contributed by atoms with van der Waals surface area (Å²) in [5.41, 5.74) is 3.83. The highest BCUT2D eigenvalue weighted by Gasteiger charge is 2.28. The first-order valence-electron chi connectivity index (χ1n) is 17.4. The van der Waals surface area contributed by atoms with Gasteiger partial charge in [0.25, 0.3) is 11.5 Å². The molecular weight excluding hydrogens is 633 g/mol. The minimum absolute atomic E-state index is 0.0417. The van der Waals surface area contributed by atoms with E-state index in [1.54, 1.807) is 18.2 Å². The van der Waals surface area contributed by atoms with Crippen molar-refractivity contribution in [1.29, 1.82) is 0 Å². The largest absolute Gasteiger partial charge is 0.348 e. The van der Waals surface area contributed by atoms with Crippen molar-refractivity contribution in [2.45, 2.75) is 57.7 Å². The third-order valence-corrected chi connectivity index (χ3v) is 10.0. The minimum Gasteiger partial charge on any atom is -0.348 e. The van der Waals surface area contributed by atoms with Gasteiger partial charge in [0.2, 0.25) is 0 Å². The number of hydrogen-bond donors (Lipinski definition) is 1. The smallest absolute Gasteiger partial charge is 0.337 e. The molecule has 11 heteroatoms. The summed E-state index contributed by atoms with van der Waals surface area (Å²) in [6.45, 7) is 7.06. The van der Waals surface area contributed by atoms with Crippen LogP contribution in [0.25, 0.3) is 27.8 Å². The predicted molar refractivity (Wildman–Crippen MR) is 192 cm³/mol. The van der Waals surface area contributed by atoms with Crippen LogP contribution in [0.3, 0.4) is 0 Å². The van der Waals surface area contributed by atoms with Crippen LogP contribution in [0.1, 0.15) is 59.9 Å². The number of nitrogens with zero attached hydrogens (tertiary/aromatic N) is 6. The molecule has 2 aromatic carbocycles. The molecule has 1 saturated heterocycles. The van der Waals surface area contributed by atoms with Crippen LogP contribution in [0, 0.1) is 12.7 Å². The zero-order valence-corrected chi connectivity index (χ0v) is 28.5. The van der Waals surface area contributed by atoms with Gasteiger partial charge in [-0.2, -0.15) is 0 Å². The van der Waals surface area contributed by atoms with Gasteiger partial charge in [0, 0.05) is 37.4 Å². The first-order chi connectivity index (χ1) is 24.2. The van der Waals surface area contributed by atoms with E-state index in [0.29, 0.717) is 37.1 Å². The van der Waals surface area contributed by atoms with E-state index in [4.69, 9.17) is 0 Å². The van der Waals surface area contributed by atoms with Gasteiger partial charge in [-0.15, -0.1) is 0 Å². The SMILES string of the molecule is Cc1cccc(C(=O)NC2CCC(n3c(=O)c4cc(F)cnc4n(-c4cccc(-c5ccc(CN6CCCN(C)CC6)cc5)c4)c3=O)CC2)n1. The second-order valence-electron chi connectivity index (χ2n) is 13.6. The predicted octanol–water partition coefficient (Wildman–Crippen LogP) is 5.11. The molecule has 50 heavy (non-hydrogen) atoms. The fraction of sp³-hybridized carbons (Fsp3) is 0.359. The van der Waals surface area contributed by atoms with Crippen molar-refractivity contribution < 1.29 is 9.18 Å². The molecule has 1 saturated carbocycles. The zero-order chi connectivity index (χ0) is 34.8. The van der Waals surface area contributed by atoms with Gasteiger partial charge >= 0.3 is 5.69 Å². The van der Waals surface area contributed by atoms with Gasteiger partial charge in [-0.1, -0.05) is 42.5 Å². The number of aromatic nitrogens is 4. The Morgan fingerprint density at radius 1 is 0.900 bits per heavy atom. The Morgan fingerprint density at radius 3 is 2.46 bits per heavy atom. The van der Waals surface area contributed by atoms with E-state index >= 15 is 0 Å². The van der Waals surface area contributed by atoms with Crippen LogP contribution >= 0.6 is 0 Å². The molecule has 0 unspecified atom stereocenters. The van der Waals surface area contributed by atoms with Gasteiger partial charge in [-0.25, -0.2) is 23.7 Å². The van der Waals surface area contributed by atoms with Crippen molar-refractivity contribution in [3.8, 4) is 16.8 Å². The number of aryl methyl sites for hydroxylation is 1. The molecule has 0 spiro atoms. The number of carbonyl (C=O) groups excluding carboxylic acids is 1. The van der Waals surface area contributed by atoms with Crippen molar-refractivity contribution in [3.63, 3.8) is 0 Å². The fourth-order valence-electron chi connectivity index (χ4n) is 7.29. The number of pyridine rings is 2. The molecule has 4 heterocycles. The van der Waals surface area contributed by atoms with E-state index in [0.717, 1.165) is 68.2 Å². The third-order valence-electron chi connectivity index (χ3n) is 10.0. The lowest BCUT2D eigenvalue weighted by Gasteiger charge is -2.30. The summed E-state index contributed by atoms with van der Waals surface area (Å²) in [5.74, 6) is -0.896. The number of benzene rings is 2. The number of fused-ring (bicyclic) bond motifs is 1. The second-order valence-corrected chi connectivity index (χ2v) is 13.6. The van der Waals surface area contributed by atoms with E-state index in [1.165, 1.54) is 14.7 Å². The first-order valence-corrected chi connectivity index (χ1v) is 17.4. The van der Waals surface area contributed by atoms with Crippen molar-refractivity contribution in [2.75, 3.05) is 33.2 Å². The maximum Gasteiger partial charge on any atom is 0.337 e. The maximum absolute atomic E-state index is 14.5. The average Bonchev–Trinajstić information content (AvgIpc) is 3.33. The Morgan fingerprint density at radius 2 is 1.68 bits per heavy atom. The second kappa shape index (κ2) is 14.5. The van der Waals surface area contributed by atoms with Gasteiger partial charge in [0.1, 0.15) is 11.5 Å². The van der Waals surface area contributed by atoms with Gasteiger partial charge in [-0.05, 0) is 106 Å². The van der Waals surface area contributed by atoms with Gasteiger partial charge in [-0.3, -0.25) is 19.1 Å². The zero-order valence-electron chi connectivity index (χ0n) is 28.5. The average molecular weight is 676 g/mol. The minimum atomic E-state index is -0.649. The van der Waals surface area contributed by atoms with E-state index in [2.05, 4.69) is 56.4 Å². The Balaban J connectivity index is 1.15. The molecule has 5 aromatic rings. The van der Waals surface area contributed by atoms with Gasteiger partial charge < -0.3 is 10.2 Å². The summed E-state index contributed by atoms with van der Waals surface area (Å²) in [7, 11) is 2.17. The molecule has 3 aromatic heterocycles. The number of carbonyl (C=O) groups is 1. The number of likely N-dealkylation sites (N-methyl/N-ethyl adjacent to an activating group) is 1. The van der Waals surface area contributed by atoms with Crippen molar-refractivity contribution in [3.05, 3.63) is 123 Å². The highest BCUT2D eigenvalue weighted by molar-refractivity contribution is 5.92. The summed E-state index contributed by atoms with van der Waals surface area (Å²) in [4.78, 5) is 54.4. The van der Waals surface area contributed by atoms with Crippen LogP contribution in [0.4, 0.5) is 4.39 Å². The number of hydrogen-bond acceptors (Lipinski definition) is 7. The molecule has 1 aliphatic carbocycles. The Hall–Kier alpha value is -5.00. The summed E-state index contributed by atoms with van der Waals surface area (Å²) in [6.07, 6.45) is 4.34. The molecule has 0 radical (unpaired) electrons. The van der Waals surface area contributed by atoms with Crippen LogP contribution in [0.15, 0.2) is 88.6 Å². The van der Waals surface area contributed by atoms with Crippen molar-refractivity contribution in [2.24, 2.45) is 0 Å². The lowest BCUT2D eigenvalue weighted by molar-refractivity contribution is 0.0916. The topological polar surface area (TPSA) is 105 Å². The molecule has 2 aliphatic rings. The lowest BCUT2D eigenvalue weighted by Crippen LogP contribution is -2.45. The molecule has 0 bridgehead atoms. The normalized spacial score (nSPS) is 18.9. The maximum atomic E-state index is 14.5. The van der Waals surface area contributed by atoms with Gasteiger partial charge in [0.15, 0.2) is 5.65 Å². The van der Waals surface area contributed by atoms with E-state index < -0.39 is 23.1 Å². The quantitative estimate of drug-likeness (QED) is 0.256. The Labute approximate surface area is 290 Å². The standard InChI is InChI=1S/C39H42FN7O3/c1-26-6-3-9-35(42-26)37(48)43-31-14-16-32(17-15-31)47-38(49)34-23-30(40)24-41-36(34)46(39(47)50)33-8-4-7-29(22-33)28-12-10-27(11-13-28)25-45-19-5-18-44(2)20-21-45/h3-4,6-13,22-24,31-32H,5,14-21,25H2,1-2H3,(H,43,48). The number of nitrogens with one attached hydrogen (secondary N) is 1. The lowest BCUT2D eigenvalue weighted by atomic mass is 9.90. The van der Waals surface area contributed by atoms with E-state index in [9.17, 15) is 18.8 Å². The molecule has 0 atom stereocenters. The summed E-state index contributed by atoms with van der Waals surface area (Å²) >= 11 is 0. The summed E-state index contributed by atoms with van der Waals surface area (Å²) in [6, 6.07) is 22.0. The molecule has 1 amide bonds. The van der Waals surface area contributed by atoms with Crippen LogP contribution in [0.2, 0.25) is 0 Å². The van der Waals surface area contributed by atoms with E-state index in [1.807, 2.05) is 31.2 Å². The van der Waals surface area contributed by atoms with Crippen LogP contribution in [-0.4, -0.2) is 74.1 Å². The molecule has 10 nitrogen and oxygen atoms in total. The van der Waals surface area contributed by atoms with Crippen LogP contribution in [-0.2, 0) is 6.54 Å². The third kappa shape index (κ3) is 7.15. The van der Waals surface area contributed by atoms with Crippen LogP contribution in [0.5, 0.6) is 0 Å². The highest BCUT2D eigenvalue weighted by Crippen LogP contribution is 2.29. The molecule has 2 fully saturated rings. The molecule has 258 valence electrons. The molecule has 1 aliphatic heterocycles. The molecular formula is C39H42FN7O3. The number of amides is 1. The highest BCUT2D eigenvalue weighted by atomic mass is 19.1.